The van der Waals surface area contributed by atoms with Gasteiger partial charge in [0.25, 0.3) is 5.88 Å². The second-order valence-electron chi connectivity index (χ2n) is 4.87. The lowest BCUT2D eigenvalue weighted by molar-refractivity contribution is -0.0520. The minimum atomic E-state index is -1.81. The van der Waals surface area contributed by atoms with Crippen molar-refractivity contribution >= 4 is 43.5 Å². The number of hydrogen-bond donors (Lipinski definition) is 4. The lowest BCUT2D eigenvalue weighted by Gasteiger charge is -2.30. The Kier molecular flexibility index (Phi) is 3.73. The lowest BCUT2D eigenvalue weighted by atomic mass is 9.96. The van der Waals surface area contributed by atoms with Gasteiger partial charge in [0.05, 0.1) is 12.8 Å². The standard InChI is InChI=1S/C11H10Br2N6O4/c12-11(13)6(21)4(2-20)23-10(11,3-14)5-1-16-7-8(22)17-9(15)18-19(5)7/h1,4,6,20-21H,2H2,(H3,15,17,18,22)/t4-,6+,10+/m1/s1. The van der Waals surface area contributed by atoms with Crippen LogP contribution < -0.4 is 5.73 Å². The summed E-state index contributed by atoms with van der Waals surface area (Å²) in [6.45, 7) is -0.511. The molecule has 3 rings (SSSR count). The first kappa shape index (κ1) is 16.3. The monoisotopic (exact) mass is 448 g/mol. The summed E-state index contributed by atoms with van der Waals surface area (Å²) >= 11 is 6.49. The van der Waals surface area contributed by atoms with Crippen molar-refractivity contribution < 1.29 is 20.1 Å². The number of ether oxygens (including phenoxy) is 1. The summed E-state index contributed by atoms with van der Waals surface area (Å²) in [6.07, 6.45) is -1.05. The number of rotatable bonds is 2. The van der Waals surface area contributed by atoms with Gasteiger partial charge < -0.3 is 25.8 Å². The number of hydrogen-bond acceptors (Lipinski definition) is 9. The molecule has 1 aliphatic heterocycles. The van der Waals surface area contributed by atoms with E-state index in [1.807, 2.05) is 6.07 Å². The highest BCUT2D eigenvalue weighted by Gasteiger charge is 2.66. The molecule has 0 aliphatic carbocycles. The second kappa shape index (κ2) is 5.25. The predicted octanol–water partition coefficient (Wildman–Crippen LogP) is -0.631. The van der Waals surface area contributed by atoms with Gasteiger partial charge in [0.1, 0.15) is 24.0 Å². The van der Waals surface area contributed by atoms with E-state index in [9.17, 15) is 20.6 Å². The molecule has 5 N–H and O–H groups in total. The van der Waals surface area contributed by atoms with Crippen LogP contribution in [0.4, 0.5) is 5.95 Å². The molecule has 0 saturated carbocycles. The van der Waals surface area contributed by atoms with Crippen LogP contribution in [-0.2, 0) is 10.3 Å². The van der Waals surface area contributed by atoms with Crippen LogP contribution in [0.1, 0.15) is 5.69 Å². The molecule has 0 bridgehead atoms. The van der Waals surface area contributed by atoms with Gasteiger partial charge in [-0.15, -0.1) is 5.10 Å². The highest BCUT2D eigenvalue weighted by molar-refractivity contribution is 9.25. The summed E-state index contributed by atoms with van der Waals surface area (Å²) < 4.78 is 5.25. The summed E-state index contributed by atoms with van der Waals surface area (Å²) in [5, 5.41) is 43.1. The Morgan fingerprint density at radius 2 is 2.22 bits per heavy atom. The number of nitrogen functional groups attached to an aromatic ring is 1. The van der Waals surface area contributed by atoms with Gasteiger partial charge >= 0.3 is 0 Å². The van der Waals surface area contributed by atoms with Gasteiger partial charge in [-0.3, -0.25) is 0 Å². The van der Waals surface area contributed by atoms with Crippen LogP contribution >= 0.6 is 31.9 Å². The van der Waals surface area contributed by atoms with Gasteiger partial charge in [-0.2, -0.15) is 10.2 Å². The highest BCUT2D eigenvalue weighted by atomic mass is 79.9. The normalized spacial score (nSPS) is 29.7. The maximum absolute atomic E-state index is 10.3. The lowest BCUT2D eigenvalue weighted by Crippen LogP contribution is -2.45. The van der Waals surface area contributed by atoms with E-state index < -0.39 is 33.5 Å². The highest BCUT2D eigenvalue weighted by Crippen LogP contribution is 2.55. The number of nitrogens with zero attached hydrogens (tertiary/aromatic N) is 5. The minimum Gasteiger partial charge on any atom is -0.491 e. The summed E-state index contributed by atoms with van der Waals surface area (Å²) in [7, 11) is 0. The molecule has 0 aromatic carbocycles. The molecular formula is C11H10Br2N6O4. The average Bonchev–Trinajstić information content (AvgIpc) is 2.99. The van der Waals surface area contributed by atoms with Gasteiger partial charge in [0, 0.05) is 0 Å². The van der Waals surface area contributed by atoms with E-state index in [1.54, 1.807) is 0 Å². The number of alkyl halides is 2. The predicted molar refractivity (Wildman–Crippen MR) is 82.7 cm³/mol. The molecule has 23 heavy (non-hydrogen) atoms. The van der Waals surface area contributed by atoms with Crippen LogP contribution in [0.2, 0.25) is 0 Å². The fourth-order valence-electron chi connectivity index (χ4n) is 2.46. The van der Waals surface area contributed by atoms with Crippen LogP contribution in [0.3, 0.4) is 0 Å². The Morgan fingerprint density at radius 3 is 2.78 bits per heavy atom. The Morgan fingerprint density at radius 1 is 1.52 bits per heavy atom. The molecule has 0 unspecified atom stereocenters. The first-order valence-electron chi connectivity index (χ1n) is 6.25. The number of nitrogens with two attached hydrogens (primary N) is 1. The quantitative estimate of drug-likeness (QED) is 0.437. The molecule has 3 atom stereocenters. The first-order valence-corrected chi connectivity index (χ1v) is 7.83. The third-order valence-corrected chi connectivity index (χ3v) is 5.64. The van der Waals surface area contributed by atoms with Crippen LogP contribution in [0, 0.1) is 11.3 Å². The van der Waals surface area contributed by atoms with Crippen molar-refractivity contribution in [3.05, 3.63) is 11.9 Å². The molecule has 0 amide bonds. The number of imidazole rings is 1. The van der Waals surface area contributed by atoms with Gasteiger partial charge in [0.15, 0.2) is 3.23 Å². The molecule has 1 fully saturated rings. The van der Waals surface area contributed by atoms with Crippen molar-refractivity contribution in [3.63, 3.8) is 0 Å². The maximum Gasteiger partial charge on any atom is 0.260 e. The number of aromatic hydroxyl groups is 1. The Bertz CT molecular complexity index is 821. The zero-order chi connectivity index (χ0) is 17.0. The molecule has 2 aromatic rings. The van der Waals surface area contributed by atoms with Crippen molar-refractivity contribution in [2.24, 2.45) is 0 Å². The fraction of sp³-hybridized carbons (Fsp3) is 0.455. The minimum absolute atomic E-state index is 0.0369. The maximum atomic E-state index is 10.3. The summed E-state index contributed by atoms with van der Waals surface area (Å²) in [4.78, 5) is 7.53. The van der Waals surface area contributed by atoms with Crippen LogP contribution in [0.15, 0.2) is 6.20 Å². The SMILES string of the molecule is N#C[C@@]1(c2cnc3c(O)nc(N)nn23)O[C@H](CO)[C@H](O)C1(Br)Br. The Labute approximate surface area is 145 Å². The van der Waals surface area contributed by atoms with Crippen molar-refractivity contribution in [1.82, 2.24) is 19.6 Å². The zero-order valence-corrected chi connectivity index (χ0v) is 14.4. The summed E-state index contributed by atoms with van der Waals surface area (Å²) in [5.74, 6) is -0.710. The van der Waals surface area contributed by atoms with E-state index >= 15 is 0 Å². The van der Waals surface area contributed by atoms with Crippen molar-refractivity contribution in [2.45, 2.75) is 21.0 Å². The molecule has 0 radical (unpaired) electrons. The largest absolute Gasteiger partial charge is 0.491 e. The molecular weight excluding hydrogens is 440 g/mol. The van der Waals surface area contributed by atoms with E-state index in [2.05, 4.69) is 46.9 Å². The number of aliphatic hydroxyl groups excluding tert-OH is 2. The first-order chi connectivity index (χ1) is 10.8. The molecule has 0 spiro atoms. The molecule has 3 heterocycles. The van der Waals surface area contributed by atoms with E-state index in [1.165, 1.54) is 6.20 Å². The molecule has 1 aliphatic rings. The molecule has 1 saturated heterocycles. The van der Waals surface area contributed by atoms with Gasteiger partial charge in [-0.25, -0.2) is 9.50 Å². The Hall–Kier alpha value is -1.52. The van der Waals surface area contributed by atoms with Crippen molar-refractivity contribution in [3.8, 4) is 11.9 Å². The molecule has 12 heteroatoms. The van der Waals surface area contributed by atoms with E-state index in [0.29, 0.717) is 0 Å². The zero-order valence-electron chi connectivity index (χ0n) is 11.3. The van der Waals surface area contributed by atoms with Crippen molar-refractivity contribution in [1.29, 1.82) is 5.26 Å². The number of aliphatic hydroxyl groups is 2. The van der Waals surface area contributed by atoms with Crippen molar-refractivity contribution in [2.75, 3.05) is 12.3 Å². The van der Waals surface area contributed by atoms with E-state index in [0.717, 1.165) is 4.52 Å². The molecule has 2 aromatic heterocycles. The smallest absolute Gasteiger partial charge is 0.260 e. The van der Waals surface area contributed by atoms with Gasteiger partial charge in [-0.1, -0.05) is 31.9 Å². The number of aromatic nitrogens is 4. The summed E-state index contributed by atoms with van der Waals surface area (Å²) in [5.41, 5.74) is 3.75. The fourth-order valence-corrected chi connectivity index (χ4v) is 3.82. The second-order valence-corrected chi connectivity index (χ2v) is 8.44. The van der Waals surface area contributed by atoms with Crippen LogP contribution in [-0.4, -0.2) is 56.9 Å². The van der Waals surface area contributed by atoms with Gasteiger partial charge in [-0.05, 0) is 0 Å². The van der Waals surface area contributed by atoms with E-state index in [-0.39, 0.29) is 17.3 Å². The Balaban J connectivity index is 2.29. The number of anilines is 1. The number of fused-ring (bicyclic) bond motifs is 1. The number of nitriles is 1. The van der Waals surface area contributed by atoms with E-state index in [4.69, 9.17) is 10.5 Å². The third-order valence-electron chi connectivity index (χ3n) is 3.58. The summed E-state index contributed by atoms with van der Waals surface area (Å²) in [6, 6.07) is 1.97. The average molecular weight is 450 g/mol. The molecule has 122 valence electrons. The number of halogens is 2. The van der Waals surface area contributed by atoms with Gasteiger partial charge in [0.2, 0.25) is 17.2 Å². The van der Waals surface area contributed by atoms with Crippen LogP contribution in [0.5, 0.6) is 5.88 Å². The third kappa shape index (κ3) is 2.05. The molecule has 10 nitrogen and oxygen atoms in total. The van der Waals surface area contributed by atoms with Crippen LogP contribution in [0.25, 0.3) is 5.65 Å². The topological polar surface area (TPSA) is 163 Å².